The van der Waals surface area contributed by atoms with E-state index in [4.69, 9.17) is 14.2 Å². The van der Waals surface area contributed by atoms with E-state index in [1.165, 1.54) is 18.0 Å². The third-order valence-electron chi connectivity index (χ3n) is 7.25. The molecule has 0 radical (unpaired) electrons. The van der Waals surface area contributed by atoms with Gasteiger partial charge in [-0.05, 0) is 53.2 Å². The summed E-state index contributed by atoms with van der Waals surface area (Å²) in [6, 6.07) is 18.5. The van der Waals surface area contributed by atoms with Crippen LogP contribution in [-0.4, -0.2) is 81.8 Å². The SMILES string of the molecule is COc1ccc2cc1OCC(=O)NCc1ccc(cc1)O[C@H]1CN(C(=O)c3ccc(-c4nnn(C)n4)cc3)C[C@@H]1NC2=O. The van der Waals surface area contributed by atoms with Crippen molar-refractivity contribution in [3.8, 4) is 28.6 Å². The molecule has 13 nitrogen and oxygen atoms in total. The second-order valence-electron chi connectivity index (χ2n) is 10.2. The van der Waals surface area contributed by atoms with E-state index in [-0.39, 0.29) is 43.2 Å². The van der Waals surface area contributed by atoms with Crippen LogP contribution >= 0.6 is 0 Å². The first-order chi connectivity index (χ1) is 20.9. The van der Waals surface area contributed by atoms with E-state index in [1.807, 2.05) is 12.1 Å². The predicted octanol–water partition coefficient (Wildman–Crippen LogP) is 1.60. The van der Waals surface area contributed by atoms with Gasteiger partial charge in [0.05, 0.1) is 26.7 Å². The minimum Gasteiger partial charge on any atom is -0.493 e. The largest absolute Gasteiger partial charge is 0.493 e. The van der Waals surface area contributed by atoms with Crippen LogP contribution in [0.4, 0.5) is 0 Å². The maximum atomic E-state index is 13.5. The summed E-state index contributed by atoms with van der Waals surface area (Å²) in [5.41, 5.74) is 2.40. The van der Waals surface area contributed by atoms with Gasteiger partial charge in [-0.3, -0.25) is 14.4 Å². The summed E-state index contributed by atoms with van der Waals surface area (Å²) >= 11 is 0. The van der Waals surface area contributed by atoms with Crippen molar-refractivity contribution in [2.75, 3.05) is 26.8 Å². The molecular weight excluding hydrogens is 554 g/mol. The van der Waals surface area contributed by atoms with Gasteiger partial charge in [-0.2, -0.15) is 4.80 Å². The Balaban J connectivity index is 1.26. The summed E-state index contributed by atoms with van der Waals surface area (Å²) in [6.45, 7) is 0.547. The number of hydrogen-bond donors (Lipinski definition) is 2. The number of amides is 3. The van der Waals surface area contributed by atoms with Crippen LogP contribution in [0.2, 0.25) is 0 Å². The number of aromatic nitrogens is 4. The van der Waals surface area contributed by atoms with Crippen LogP contribution in [0.25, 0.3) is 11.4 Å². The van der Waals surface area contributed by atoms with Crippen LogP contribution < -0.4 is 24.8 Å². The maximum absolute atomic E-state index is 13.5. The Hall–Kier alpha value is -5.46. The molecule has 3 aromatic carbocycles. The predicted molar refractivity (Wildman–Crippen MR) is 153 cm³/mol. The molecule has 43 heavy (non-hydrogen) atoms. The fourth-order valence-electron chi connectivity index (χ4n) is 4.98. The summed E-state index contributed by atoms with van der Waals surface area (Å²) in [6.07, 6.45) is -0.522. The van der Waals surface area contributed by atoms with Gasteiger partial charge in [0.15, 0.2) is 18.1 Å². The highest BCUT2D eigenvalue weighted by Crippen LogP contribution is 2.29. The highest BCUT2D eigenvalue weighted by atomic mass is 16.5. The normalized spacial score (nSPS) is 18.5. The summed E-state index contributed by atoms with van der Waals surface area (Å²) in [7, 11) is 3.16. The number of ether oxygens (including phenoxy) is 3. The monoisotopic (exact) mass is 583 g/mol. The van der Waals surface area contributed by atoms with Crippen molar-refractivity contribution in [1.82, 2.24) is 35.7 Å². The Morgan fingerprint density at radius 1 is 1.00 bits per heavy atom. The maximum Gasteiger partial charge on any atom is 0.258 e. The van der Waals surface area contributed by atoms with Crippen LogP contribution in [0.1, 0.15) is 26.3 Å². The number of aryl methyl sites for hydroxylation is 1. The molecule has 2 N–H and O–H groups in total. The quantitative estimate of drug-likeness (QED) is 0.367. The zero-order chi connectivity index (χ0) is 29.9. The van der Waals surface area contributed by atoms with Crippen molar-refractivity contribution in [1.29, 1.82) is 0 Å². The molecule has 0 unspecified atom stereocenters. The standard InChI is InChI=1S/C30H29N7O6/c1-36-34-28(33-35-36)19-5-7-20(8-6-19)30(40)37-15-23-26(16-37)43-22-10-3-18(4-11-22)14-31-27(38)17-42-25-13-21(29(39)32-23)9-12-24(25)41-2/h3-13,23,26H,14-17H2,1-2H3,(H,31,38)(H,32,39)/t23-,26-/m0/s1. The van der Waals surface area contributed by atoms with Crippen LogP contribution in [0, 0.1) is 0 Å². The van der Waals surface area contributed by atoms with E-state index in [0.717, 1.165) is 11.1 Å². The molecule has 220 valence electrons. The van der Waals surface area contributed by atoms with Gasteiger partial charge >= 0.3 is 0 Å². The van der Waals surface area contributed by atoms with Gasteiger partial charge in [0.1, 0.15) is 11.9 Å². The zero-order valence-electron chi connectivity index (χ0n) is 23.5. The van der Waals surface area contributed by atoms with Gasteiger partial charge in [0.25, 0.3) is 17.7 Å². The first kappa shape index (κ1) is 27.7. The van der Waals surface area contributed by atoms with E-state index in [2.05, 4.69) is 26.0 Å². The molecule has 13 heteroatoms. The van der Waals surface area contributed by atoms with Crippen LogP contribution in [-0.2, 0) is 18.4 Å². The number of tetrazole rings is 1. The average molecular weight is 584 g/mol. The second-order valence-corrected chi connectivity index (χ2v) is 10.2. The topological polar surface area (TPSA) is 150 Å². The van der Waals surface area contributed by atoms with Gasteiger partial charge < -0.3 is 29.7 Å². The zero-order valence-corrected chi connectivity index (χ0v) is 23.5. The van der Waals surface area contributed by atoms with Crippen LogP contribution in [0.15, 0.2) is 66.7 Å². The minimum atomic E-state index is -0.522. The smallest absolute Gasteiger partial charge is 0.258 e. The number of benzene rings is 3. The molecule has 3 aliphatic heterocycles. The number of fused-ring (bicyclic) bond motifs is 7. The Kier molecular flexibility index (Phi) is 7.60. The molecule has 3 aliphatic rings. The van der Waals surface area contributed by atoms with Crippen molar-refractivity contribution in [2.24, 2.45) is 7.05 Å². The summed E-state index contributed by atoms with van der Waals surface area (Å²) < 4.78 is 17.4. The van der Waals surface area contributed by atoms with E-state index in [0.29, 0.717) is 35.0 Å². The molecular formula is C30H29N7O6. The van der Waals surface area contributed by atoms with Crippen molar-refractivity contribution in [2.45, 2.75) is 18.7 Å². The number of rotatable bonds is 3. The third kappa shape index (κ3) is 6.10. The molecule has 4 bridgehead atoms. The summed E-state index contributed by atoms with van der Waals surface area (Å²) in [4.78, 5) is 42.4. The Bertz CT molecular complexity index is 1650. The summed E-state index contributed by atoms with van der Waals surface area (Å²) in [5, 5.41) is 17.9. The van der Waals surface area contributed by atoms with Crippen molar-refractivity contribution >= 4 is 17.7 Å². The molecule has 1 fully saturated rings. The van der Waals surface area contributed by atoms with E-state index in [9.17, 15) is 14.4 Å². The van der Waals surface area contributed by atoms with Crippen molar-refractivity contribution < 1.29 is 28.6 Å². The lowest BCUT2D eigenvalue weighted by Crippen LogP contribution is -2.45. The molecule has 2 atom stereocenters. The number of carbonyl (C=O) groups is 3. The Morgan fingerprint density at radius 3 is 2.49 bits per heavy atom. The number of nitrogens with one attached hydrogen (secondary N) is 2. The van der Waals surface area contributed by atoms with Gasteiger partial charge in [-0.15, -0.1) is 10.2 Å². The number of likely N-dealkylation sites (tertiary alicyclic amines) is 1. The first-order valence-electron chi connectivity index (χ1n) is 13.6. The van der Waals surface area contributed by atoms with Crippen molar-refractivity contribution in [3.63, 3.8) is 0 Å². The number of nitrogens with zero attached hydrogens (tertiary/aromatic N) is 5. The molecule has 1 aromatic heterocycles. The third-order valence-corrected chi connectivity index (χ3v) is 7.25. The first-order valence-corrected chi connectivity index (χ1v) is 13.6. The minimum absolute atomic E-state index is 0.197. The molecule has 0 aliphatic carbocycles. The van der Waals surface area contributed by atoms with Gasteiger partial charge in [0.2, 0.25) is 5.82 Å². The Labute approximate surface area is 246 Å². The van der Waals surface area contributed by atoms with Crippen molar-refractivity contribution in [3.05, 3.63) is 83.4 Å². The summed E-state index contributed by atoms with van der Waals surface area (Å²) in [5.74, 6) is 0.787. The average Bonchev–Trinajstić information content (AvgIpc) is 3.64. The molecule has 4 heterocycles. The molecule has 1 saturated heterocycles. The van der Waals surface area contributed by atoms with Gasteiger partial charge in [0, 0.05) is 29.8 Å². The van der Waals surface area contributed by atoms with Crippen LogP contribution in [0.3, 0.4) is 0 Å². The fraction of sp³-hybridized carbons (Fsp3) is 0.267. The van der Waals surface area contributed by atoms with Gasteiger partial charge in [-0.1, -0.05) is 24.3 Å². The second kappa shape index (κ2) is 11.8. The number of carbonyl (C=O) groups excluding carboxylic acids is 3. The van der Waals surface area contributed by atoms with E-state index >= 15 is 0 Å². The lowest BCUT2D eigenvalue weighted by molar-refractivity contribution is -0.123. The van der Waals surface area contributed by atoms with E-state index < -0.39 is 12.1 Å². The Morgan fingerprint density at radius 2 is 1.77 bits per heavy atom. The lowest BCUT2D eigenvalue weighted by atomic mass is 10.1. The molecule has 7 rings (SSSR count). The van der Waals surface area contributed by atoms with Gasteiger partial charge in [-0.25, -0.2) is 0 Å². The molecule has 3 amide bonds. The number of hydrogen-bond acceptors (Lipinski definition) is 9. The molecule has 4 aromatic rings. The molecule has 0 spiro atoms. The molecule has 0 saturated carbocycles. The van der Waals surface area contributed by atoms with Crippen LogP contribution in [0.5, 0.6) is 17.2 Å². The highest BCUT2D eigenvalue weighted by Gasteiger charge is 2.38. The van der Waals surface area contributed by atoms with E-state index in [1.54, 1.807) is 60.5 Å². The number of methoxy groups -OCH3 is 1. The lowest BCUT2D eigenvalue weighted by Gasteiger charge is -2.21. The highest BCUT2D eigenvalue weighted by molar-refractivity contribution is 5.96. The fourth-order valence-corrected chi connectivity index (χ4v) is 4.98.